The third-order valence-corrected chi connectivity index (χ3v) is 5.11. The molecule has 33 heavy (non-hydrogen) atoms. The molecule has 1 unspecified atom stereocenters. The number of nitrogens with zero attached hydrogens (tertiary/aromatic N) is 2. The van der Waals surface area contributed by atoms with Crippen molar-refractivity contribution in [3.8, 4) is 17.2 Å². The minimum atomic E-state index is -0.343. The highest BCUT2D eigenvalue weighted by atomic mass is 16.5. The number of ether oxygens (including phenoxy) is 3. The van der Waals surface area contributed by atoms with Gasteiger partial charge in [0.05, 0.1) is 12.8 Å². The number of rotatable bonds is 9. The molecule has 0 spiro atoms. The Morgan fingerprint density at radius 3 is 2.45 bits per heavy atom. The van der Waals surface area contributed by atoms with Crippen molar-refractivity contribution in [3.63, 3.8) is 0 Å². The van der Waals surface area contributed by atoms with Crippen molar-refractivity contribution in [1.82, 2.24) is 15.1 Å². The standard InChI is InChI=1S/C24H26N4O5/c1-16(15-31-2)32-20-12-18(23(29)26-22-8-9-25-27-22)13-21(14-20)33-19-6-4-17(5-7-19)24(30)28-10-3-11-28/h4-9,12-14,16H,3,10-11,15H2,1-2H3,(H2,25,26,27,29). The molecule has 1 saturated heterocycles. The molecule has 2 N–H and O–H groups in total. The highest BCUT2D eigenvalue weighted by molar-refractivity contribution is 6.04. The van der Waals surface area contributed by atoms with Crippen LogP contribution in [0, 0.1) is 0 Å². The van der Waals surface area contributed by atoms with Gasteiger partial charge in [0, 0.05) is 43.5 Å². The lowest BCUT2D eigenvalue weighted by Crippen LogP contribution is -2.41. The lowest BCUT2D eigenvalue weighted by molar-refractivity contribution is 0.0651. The Labute approximate surface area is 191 Å². The lowest BCUT2D eigenvalue weighted by Gasteiger charge is -2.30. The molecule has 1 aliphatic rings. The van der Waals surface area contributed by atoms with Gasteiger partial charge in [-0.05, 0) is 49.7 Å². The highest BCUT2D eigenvalue weighted by Gasteiger charge is 2.21. The van der Waals surface area contributed by atoms with Crippen LogP contribution in [0.15, 0.2) is 54.7 Å². The van der Waals surface area contributed by atoms with Crippen LogP contribution in [0.5, 0.6) is 17.2 Å². The number of amides is 2. The molecular weight excluding hydrogens is 424 g/mol. The summed E-state index contributed by atoms with van der Waals surface area (Å²) in [5.74, 6) is 1.59. The first-order valence-electron chi connectivity index (χ1n) is 10.7. The van der Waals surface area contributed by atoms with E-state index in [4.69, 9.17) is 14.2 Å². The molecule has 0 bridgehead atoms. The van der Waals surface area contributed by atoms with Crippen molar-refractivity contribution < 1.29 is 23.8 Å². The first kappa shape index (κ1) is 22.3. The van der Waals surface area contributed by atoms with E-state index in [0.29, 0.717) is 40.8 Å². The number of benzene rings is 2. The Hall–Kier alpha value is -3.85. The molecule has 9 nitrogen and oxygen atoms in total. The smallest absolute Gasteiger partial charge is 0.257 e. The summed E-state index contributed by atoms with van der Waals surface area (Å²) in [7, 11) is 1.60. The van der Waals surface area contributed by atoms with E-state index in [2.05, 4.69) is 15.5 Å². The largest absolute Gasteiger partial charge is 0.488 e. The van der Waals surface area contributed by atoms with Gasteiger partial charge in [-0.1, -0.05) is 0 Å². The Morgan fingerprint density at radius 1 is 1.06 bits per heavy atom. The number of hydrogen-bond acceptors (Lipinski definition) is 6. The Kier molecular flexibility index (Phi) is 6.89. The molecular formula is C24H26N4O5. The average molecular weight is 450 g/mol. The van der Waals surface area contributed by atoms with Crippen molar-refractivity contribution >= 4 is 17.6 Å². The van der Waals surface area contributed by atoms with Crippen molar-refractivity contribution in [2.75, 3.05) is 32.1 Å². The minimum Gasteiger partial charge on any atom is -0.488 e. The highest BCUT2D eigenvalue weighted by Crippen LogP contribution is 2.29. The van der Waals surface area contributed by atoms with Crippen LogP contribution in [0.3, 0.4) is 0 Å². The Balaban J connectivity index is 1.53. The molecule has 172 valence electrons. The molecule has 1 atom stereocenters. The fourth-order valence-electron chi connectivity index (χ4n) is 3.35. The van der Waals surface area contributed by atoms with Crippen molar-refractivity contribution in [2.45, 2.75) is 19.4 Å². The Bertz CT molecular complexity index is 1090. The van der Waals surface area contributed by atoms with E-state index in [0.717, 1.165) is 19.5 Å². The molecule has 0 saturated carbocycles. The first-order valence-corrected chi connectivity index (χ1v) is 10.7. The second-order valence-corrected chi connectivity index (χ2v) is 7.77. The summed E-state index contributed by atoms with van der Waals surface area (Å²) in [5, 5.41) is 9.27. The second-order valence-electron chi connectivity index (χ2n) is 7.77. The normalized spacial score (nSPS) is 13.7. The molecule has 1 fully saturated rings. The second kappa shape index (κ2) is 10.2. The topological polar surface area (TPSA) is 106 Å². The number of methoxy groups -OCH3 is 1. The first-order chi connectivity index (χ1) is 16.0. The van der Waals surface area contributed by atoms with E-state index < -0.39 is 0 Å². The van der Waals surface area contributed by atoms with Crippen molar-refractivity contribution in [2.24, 2.45) is 0 Å². The van der Waals surface area contributed by atoms with Crippen LogP contribution < -0.4 is 14.8 Å². The van der Waals surface area contributed by atoms with Crippen LogP contribution in [0.2, 0.25) is 0 Å². The zero-order chi connectivity index (χ0) is 23.2. The van der Waals surface area contributed by atoms with Gasteiger partial charge in [-0.2, -0.15) is 5.10 Å². The number of carbonyl (C=O) groups is 2. The van der Waals surface area contributed by atoms with Gasteiger partial charge >= 0.3 is 0 Å². The third kappa shape index (κ3) is 5.69. The summed E-state index contributed by atoms with van der Waals surface area (Å²) in [6.07, 6.45) is 2.37. The summed E-state index contributed by atoms with van der Waals surface area (Å²) in [6, 6.07) is 13.6. The molecule has 2 aromatic carbocycles. The van der Waals surface area contributed by atoms with Gasteiger partial charge in [0.15, 0.2) is 0 Å². The molecule has 2 amide bonds. The number of nitrogens with one attached hydrogen (secondary N) is 2. The summed E-state index contributed by atoms with van der Waals surface area (Å²) in [5.41, 5.74) is 0.971. The maximum absolute atomic E-state index is 12.8. The van der Waals surface area contributed by atoms with Crippen LogP contribution in [-0.2, 0) is 4.74 Å². The number of aromatic amines is 1. The molecule has 9 heteroatoms. The van der Waals surface area contributed by atoms with E-state index in [1.54, 1.807) is 61.8 Å². The van der Waals surface area contributed by atoms with E-state index in [1.165, 1.54) is 0 Å². The van der Waals surface area contributed by atoms with E-state index >= 15 is 0 Å². The predicted molar refractivity (Wildman–Crippen MR) is 122 cm³/mol. The lowest BCUT2D eigenvalue weighted by atomic mass is 10.1. The zero-order valence-electron chi connectivity index (χ0n) is 18.5. The molecule has 0 radical (unpaired) electrons. The number of anilines is 1. The van der Waals surface area contributed by atoms with Crippen LogP contribution in [-0.4, -0.2) is 59.8 Å². The predicted octanol–water partition coefficient (Wildman–Crippen LogP) is 3.71. The fraction of sp³-hybridized carbons (Fsp3) is 0.292. The summed E-state index contributed by atoms with van der Waals surface area (Å²) >= 11 is 0. The van der Waals surface area contributed by atoms with Gasteiger partial charge in [0.1, 0.15) is 29.2 Å². The van der Waals surface area contributed by atoms with Gasteiger partial charge in [0.2, 0.25) is 0 Å². The molecule has 2 heterocycles. The number of hydrogen-bond donors (Lipinski definition) is 2. The maximum atomic E-state index is 12.8. The Morgan fingerprint density at radius 2 is 1.82 bits per heavy atom. The zero-order valence-corrected chi connectivity index (χ0v) is 18.5. The maximum Gasteiger partial charge on any atom is 0.257 e. The molecule has 3 aromatic rings. The monoisotopic (exact) mass is 450 g/mol. The van der Waals surface area contributed by atoms with Gasteiger partial charge in [-0.15, -0.1) is 0 Å². The summed E-state index contributed by atoms with van der Waals surface area (Å²) in [4.78, 5) is 26.9. The number of H-pyrrole nitrogens is 1. The van der Waals surface area contributed by atoms with Gasteiger partial charge in [-0.25, -0.2) is 0 Å². The van der Waals surface area contributed by atoms with Crippen molar-refractivity contribution in [3.05, 3.63) is 65.9 Å². The number of likely N-dealkylation sites (tertiary alicyclic amines) is 1. The van der Waals surface area contributed by atoms with E-state index in [1.807, 2.05) is 11.8 Å². The van der Waals surface area contributed by atoms with Gasteiger partial charge < -0.3 is 24.4 Å². The molecule has 0 aliphatic carbocycles. The van der Waals surface area contributed by atoms with E-state index in [9.17, 15) is 9.59 Å². The minimum absolute atomic E-state index is 0.0214. The SMILES string of the molecule is COCC(C)Oc1cc(Oc2ccc(C(=O)N3CCC3)cc2)cc(C(=O)Nc2ccn[nH]2)c1. The van der Waals surface area contributed by atoms with Gasteiger partial charge in [-0.3, -0.25) is 14.7 Å². The number of carbonyl (C=O) groups excluding carboxylic acids is 2. The summed E-state index contributed by atoms with van der Waals surface area (Å²) < 4.78 is 17.0. The molecule has 1 aromatic heterocycles. The van der Waals surface area contributed by atoms with Crippen LogP contribution >= 0.6 is 0 Å². The van der Waals surface area contributed by atoms with Crippen molar-refractivity contribution in [1.29, 1.82) is 0 Å². The van der Waals surface area contributed by atoms with Crippen LogP contribution in [0.1, 0.15) is 34.1 Å². The quantitative estimate of drug-likeness (QED) is 0.515. The average Bonchev–Trinajstić information content (AvgIpc) is 3.26. The van der Waals surface area contributed by atoms with Crippen LogP contribution in [0.4, 0.5) is 5.82 Å². The fourth-order valence-corrected chi connectivity index (χ4v) is 3.35. The summed E-state index contributed by atoms with van der Waals surface area (Å²) in [6.45, 7) is 3.87. The molecule has 4 rings (SSSR count). The van der Waals surface area contributed by atoms with E-state index in [-0.39, 0.29) is 17.9 Å². The van der Waals surface area contributed by atoms with Gasteiger partial charge in [0.25, 0.3) is 11.8 Å². The van der Waals surface area contributed by atoms with Crippen LogP contribution in [0.25, 0.3) is 0 Å². The number of aromatic nitrogens is 2. The third-order valence-electron chi connectivity index (χ3n) is 5.11. The molecule has 1 aliphatic heterocycles.